The maximum atomic E-state index is 12.8. The molecule has 0 unspecified atom stereocenters. The van der Waals surface area contributed by atoms with Gasteiger partial charge < -0.3 is 29.7 Å². The monoisotopic (exact) mass is 455 g/mol. The molecule has 5 aromatic rings. The van der Waals surface area contributed by atoms with Gasteiger partial charge in [-0.2, -0.15) is 4.98 Å². The first-order valence-electron chi connectivity index (χ1n) is 10.8. The molecule has 170 valence electrons. The highest BCUT2D eigenvalue weighted by molar-refractivity contribution is 6.03. The topological polar surface area (TPSA) is 119 Å². The zero-order valence-electron chi connectivity index (χ0n) is 18.5. The molecule has 6 rings (SSSR count). The van der Waals surface area contributed by atoms with Gasteiger partial charge in [-0.25, -0.2) is 9.97 Å². The van der Waals surface area contributed by atoms with Crippen LogP contribution in [0.2, 0.25) is 0 Å². The summed E-state index contributed by atoms with van der Waals surface area (Å²) in [5, 5.41) is 9.12. The van der Waals surface area contributed by atoms with Crippen LogP contribution in [-0.2, 0) is 13.6 Å². The molecule has 1 aliphatic heterocycles. The number of hydrogen-bond acceptors (Lipinski definition) is 8. The number of aromatic nitrogens is 4. The molecule has 0 aliphatic carbocycles. The van der Waals surface area contributed by atoms with Crippen molar-refractivity contribution < 1.29 is 13.9 Å². The molecular weight excluding hydrogens is 434 g/mol. The van der Waals surface area contributed by atoms with Crippen LogP contribution in [0.25, 0.3) is 33.7 Å². The molecule has 0 fully saturated rings. The van der Waals surface area contributed by atoms with Gasteiger partial charge in [-0.3, -0.25) is 4.79 Å². The summed E-state index contributed by atoms with van der Waals surface area (Å²) >= 11 is 0. The number of para-hydroxylation sites is 1. The summed E-state index contributed by atoms with van der Waals surface area (Å²) in [4.78, 5) is 26.4. The molecule has 3 aromatic heterocycles. The van der Waals surface area contributed by atoms with Crippen LogP contribution in [0.5, 0.6) is 5.75 Å². The molecule has 3 N–H and O–H groups in total. The Balaban J connectivity index is 1.28. The van der Waals surface area contributed by atoms with E-state index in [0.29, 0.717) is 47.5 Å². The lowest BCUT2D eigenvalue weighted by molar-refractivity contribution is 0.0948. The van der Waals surface area contributed by atoms with Crippen LogP contribution in [-0.4, -0.2) is 39.2 Å². The van der Waals surface area contributed by atoms with Crippen LogP contribution in [0.4, 0.5) is 11.5 Å². The standard InChI is InChI=1S/C24H21N7O3/c1-25-21-17-19(31(2)11-27-17)18-24(30-21)34-23(29-18)14-6-3-5-13(9-14)10-26-22(32)15-7-4-8-16-20(15)33-12-28-16/h3-9,11,28H,10,12H2,1-2H3,(H,25,30)(H,26,32). The summed E-state index contributed by atoms with van der Waals surface area (Å²) in [5.74, 6) is 1.46. The van der Waals surface area contributed by atoms with Crippen molar-refractivity contribution in [2.24, 2.45) is 7.05 Å². The van der Waals surface area contributed by atoms with Gasteiger partial charge in [0.2, 0.25) is 5.89 Å². The molecule has 1 aliphatic rings. The number of pyridine rings is 1. The number of aryl methyl sites for hydroxylation is 1. The lowest BCUT2D eigenvalue weighted by atomic mass is 10.1. The molecule has 10 nitrogen and oxygen atoms in total. The van der Waals surface area contributed by atoms with Crippen molar-refractivity contribution in [3.8, 4) is 17.2 Å². The van der Waals surface area contributed by atoms with E-state index in [9.17, 15) is 4.79 Å². The number of ether oxygens (including phenoxy) is 1. The largest absolute Gasteiger partial charge is 0.470 e. The molecule has 0 bridgehead atoms. The van der Waals surface area contributed by atoms with Crippen molar-refractivity contribution in [2.75, 3.05) is 24.4 Å². The maximum Gasteiger partial charge on any atom is 0.255 e. The highest BCUT2D eigenvalue weighted by atomic mass is 16.5. The number of hydrogen-bond donors (Lipinski definition) is 3. The van der Waals surface area contributed by atoms with Crippen molar-refractivity contribution in [1.29, 1.82) is 0 Å². The minimum atomic E-state index is -0.199. The van der Waals surface area contributed by atoms with E-state index in [2.05, 4.69) is 25.9 Å². The fourth-order valence-electron chi connectivity index (χ4n) is 4.17. The minimum Gasteiger partial charge on any atom is -0.470 e. The number of carbonyl (C=O) groups excluding carboxylic acids is 1. The van der Waals surface area contributed by atoms with E-state index in [1.165, 1.54) is 0 Å². The average Bonchev–Trinajstić information content (AvgIpc) is 3.60. The first-order valence-corrected chi connectivity index (χ1v) is 10.8. The molecule has 34 heavy (non-hydrogen) atoms. The van der Waals surface area contributed by atoms with E-state index in [4.69, 9.17) is 14.1 Å². The van der Waals surface area contributed by atoms with Crippen molar-refractivity contribution in [3.63, 3.8) is 0 Å². The lowest BCUT2D eigenvalue weighted by Crippen LogP contribution is -2.23. The van der Waals surface area contributed by atoms with Gasteiger partial charge in [0, 0.05) is 26.2 Å². The molecule has 0 radical (unpaired) electrons. The van der Waals surface area contributed by atoms with Crippen LogP contribution in [0.3, 0.4) is 0 Å². The van der Waals surface area contributed by atoms with Crippen molar-refractivity contribution >= 4 is 39.7 Å². The van der Waals surface area contributed by atoms with Gasteiger partial charge >= 0.3 is 0 Å². The number of anilines is 2. The number of oxazole rings is 1. The molecule has 0 spiro atoms. The molecule has 0 atom stereocenters. The average molecular weight is 455 g/mol. The highest BCUT2D eigenvalue weighted by Gasteiger charge is 2.21. The number of imidazole rings is 1. The quantitative estimate of drug-likeness (QED) is 0.368. The van der Waals surface area contributed by atoms with Gasteiger partial charge in [0.25, 0.3) is 11.6 Å². The van der Waals surface area contributed by atoms with Crippen LogP contribution in [0.1, 0.15) is 15.9 Å². The van der Waals surface area contributed by atoms with Crippen LogP contribution in [0, 0.1) is 0 Å². The van der Waals surface area contributed by atoms with E-state index in [1.807, 2.05) is 48.0 Å². The zero-order valence-corrected chi connectivity index (χ0v) is 18.5. The Morgan fingerprint density at radius 3 is 2.94 bits per heavy atom. The third-order valence-electron chi connectivity index (χ3n) is 5.81. The normalized spacial score (nSPS) is 12.4. The minimum absolute atomic E-state index is 0.199. The number of benzene rings is 2. The summed E-state index contributed by atoms with van der Waals surface area (Å²) in [6.07, 6.45) is 1.73. The second kappa shape index (κ2) is 7.77. The Morgan fingerprint density at radius 1 is 1.18 bits per heavy atom. The smallest absolute Gasteiger partial charge is 0.255 e. The summed E-state index contributed by atoms with van der Waals surface area (Å²) in [5.41, 5.74) is 5.69. The van der Waals surface area contributed by atoms with Crippen molar-refractivity contribution in [2.45, 2.75) is 6.54 Å². The predicted octanol–water partition coefficient (Wildman–Crippen LogP) is 3.51. The van der Waals surface area contributed by atoms with Crippen molar-refractivity contribution in [3.05, 3.63) is 59.9 Å². The number of nitrogens with one attached hydrogen (secondary N) is 3. The van der Waals surface area contributed by atoms with Crippen molar-refractivity contribution in [1.82, 2.24) is 24.8 Å². The Hall–Kier alpha value is -4.60. The van der Waals surface area contributed by atoms with Gasteiger partial charge in [-0.05, 0) is 29.8 Å². The number of fused-ring (bicyclic) bond motifs is 4. The molecule has 2 aromatic carbocycles. The Morgan fingerprint density at radius 2 is 2.06 bits per heavy atom. The Bertz CT molecular complexity index is 1570. The summed E-state index contributed by atoms with van der Waals surface area (Å²) < 4.78 is 13.5. The van der Waals surface area contributed by atoms with E-state index < -0.39 is 0 Å². The lowest BCUT2D eigenvalue weighted by Gasteiger charge is -2.09. The number of carbonyl (C=O) groups is 1. The molecule has 10 heteroatoms. The van der Waals surface area contributed by atoms with Crippen LogP contribution in [0.15, 0.2) is 53.2 Å². The van der Waals surface area contributed by atoms with Gasteiger partial charge in [-0.1, -0.05) is 18.2 Å². The zero-order chi connectivity index (χ0) is 23.2. The number of nitrogens with zero attached hydrogens (tertiary/aromatic N) is 4. The number of amides is 1. The summed E-state index contributed by atoms with van der Waals surface area (Å²) in [6.45, 7) is 0.708. The van der Waals surface area contributed by atoms with Gasteiger partial charge in [0.15, 0.2) is 23.8 Å². The SMILES string of the molecule is CNc1nc2oc(-c3cccc(CNC(=O)c4cccc5c4OCN5)c3)nc2c2c1ncn2C. The van der Waals surface area contributed by atoms with Crippen LogP contribution >= 0.6 is 0 Å². The molecular formula is C24H21N7O3. The third-order valence-corrected chi connectivity index (χ3v) is 5.81. The van der Waals surface area contributed by atoms with E-state index >= 15 is 0 Å². The second-order valence-corrected chi connectivity index (χ2v) is 7.97. The second-order valence-electron chi connectivity index (χ2n) is 7.97. The third kappa shape index (κ3) is 3.19. The molecule has 0 saturated heterocycles. The Kier molecular flexibility index (Phi) is 4.58. The number of rotatable bonds is 5. The van der Waals surface area contributed by atoms with E-state index in [1.54, 1.807) is 19.4 Å². The molecule has 0 saturated carbocycles. The van der Waals surface area contributed by atoms with Gasteiger partial charge in [-0.15, -0.1) is 0 Å². The van der Waals surface area contributed by atoms with Gasteiger partial charge in [0.1, 0.15) is 11.0 Å². The Labute approximate surface area is 194 Å². The molecule has 1 amide bonds. The first kappa shape index (κ1) is 20.0. The highest BCUT2D eigenvalue weighted by Crippen LogP contribution is 2.33. The van der Waals surface area contributed by atoms with Gasteiger partial charge in [0.05, 0.1) is 17.6 Å². The fourth-order valence-corrected chi connectivity index (χ4v) is 4.17. The van der Waals surface area contributed by atoms with Crippen LogP contribution < -0.4 is 20.7 Å². The summed E-state index contributed by atoms with van der Waals surface area (Å²) in [6, 6.07) is 13.2. The molecule has 4 heterocycles. The first-order chi connectivity index (χ1) is 16.6. The fraction of sp³-hybridized carbons (Fsp3) is 0.167. The van der Waals surface area contributed by atoms with E-state index in [0.717, 1.165) is 27.8 Å². The maximum absolute atomic E-state index is 12.8. The van der Waals surface area contributed by atoms with E-state index in [-0.39, 0.29) is 5.91 Å². The summed E-state index contributed by atoms with van der Waals surface area (Å²) in [7, 11) is 3.71. The predicted molar refractivity (Wildman–Crippen MR) is 128 cm³/mol.